The molecular formula is C10H20N2O8S2. The van der Waals surface area contributed by atoms with E-state index in [0.717, 1.165) is 6.26 Å². The fourth-order valence-corrected chi connectivity index (χ4v) is 3.41. The van der Waals surface area contributed by atoms with Gasteiger partial charge in [0.2, 0.25) is 0 Å². The molecule has 0 radical (unpaired) electrons. The van der Waals surface area contributed by atoms with Gasteiger partial charge in [-0.05, 0) is 10.8 Å². The Balaban J connectivity index is 2.42. The maximum Gasteiger partial charge on any atom is 0.316 e. The molecule has 0 unspecified atom stereocenters. The highest BCUT2D eigenvalue weighted by atomic mass is 33.1. The van der Waals surface area contributed by atoms with Gasteiger partial charge in [-0.25, -0.2) is 13.2 Å². The lowest BCUT2D eigenvalue weighted by molar-refractivity contribution is -0.233. The number of urea groups is 1. The summed E-state index contributed by atoms with van der Waals surface area (Å²) in [7, 11) is -2.52. The van der Waals surface area contributed by atoms with Gasteiger partial charge < -0.3 is 35.8 Å². The zero-order chi connectivity index (χ0) is 16.9. The quantitative estimate of drug-likeness (QED) is 0.211. The second-order valence-corrected chi connectivity index (χ2v) is 9.25. The third-order valence-corrected chi connectivity index (χ3v) is 5.43. The van der Waals surface area contributed by atoms with E-state index in [4.69, 9.17) is 9.84 Å². The molecule has 0 aromatic heterocycles. The van der Waals surface area contributed by atoms with Crippen LogP contribution in [-0.4, -0.2) is 90.7 Å². The van der Waals surface area contributed by atoms with Crippen LogP contribution < -0.4 is 10.6 Å². The molecule has 0 aromatic carbocycles. The van der Waals surface area contributed by atoms with Gasteiger partial charge in [-0.3, -0.25) is 0 Å². The van der Waals surface area contributed by atoms with Gasteiger partial charge in [0.1, 0.15) is 24.4 Å². The summed E-state index contributed by atoms with van der Waals surface area (Å²) in [5.74, 6) is 0.140. The van der Waals surface area contributed by atoms with Crippen molar-refractivity contribution in [3.63, 3.8) is 0 Å². The van der Waals surface area contributed by atoms with Gasteiger partial charge in [0.15, 0.2) is 15.1 Å². The number of ether oxygens (including phenoxy) is 1. The van der Waals surface area contributed by atoms with E-state index in [1.807, 2.05) is 0 Å². The molecule has 0 aromatic rings. The zero-order valence-corrected chi connectivity index (χ0v) is 13.4. The second kappa shape index (κ2) is 8.29. The second-order valence-electron chi connectivity index (χ2n) is 4.68. The van der Waals surface area contributed by atoms with E-state index in [0.29, 0.717) is 10.8 Å². The normalized spacial score (nSPS) is 32.5. The molecule has 2 amide bonds. The highest BCUT2D eigenvalue weighted by Crippen LogP contribution is 2.19. The van der Waals surface area contributed by atoms with Crippen LogP contribution in [-0.2, 0) is 13.6 Å². The number of aliphatic hydroxyl groups is 4. The molecule has 10 nitrogen and oxygen atoms in total. The van der Waals surface area contributed by atoms with Gasteiger partial charge in [0, 0.05) is 18.6 Å². The Labute approximate surface area is 131 Å². The van der Waals surface area contributed by atoms with Crippen LogP contribution in [0.15, 0.2) is 0 Å². The Kier molecular flexibility index (Phi) is 7.31. The lowest BCUT2D eigenvalue weighted by Gasteiger charge is -2.40. The molecule has 1 fully saturated rings. The average Bonchev–Trinajstić information content (AvgIpc) is 2.43. The first-order valence-corrected chi connectivity index (χ1v) is 9.74. The molecule has 12 heteroatoms. The molecule has 1 rings (SSSR count). The highest BCUT2D eigenvalue weighted by molar-refractivity contribution is 8.71. The van der Waals surface area contributed by atoms with E-state index in [1.165, 1.54) is 0 Å². The minimum atomic E-state index is -3.19. The van der Waals surface area contributed by atoms with Gasteiger partial charge >= 0.3 is 6.03 Å². The number of nitrogens with one attached hydrogen (secondary N) is 2. The van der Waals surface area contributed by atoms with Crippen LogP contribution in [0.1, 0.15) is 0 Å². The Morgan fingerprint density at radius 3 is 2.41 bits per heavy atom. The van der Waals surface area contributed by atoms with E-state index in [2.05, 4.69) is 10.6 Å². The van der Waals surface area contributed by atoms with Gasteiger partial charge in [-0.15, -0.1) is 0 Å². The van der Waals surface area contributed by atoms with Gasteiger partial charge in [0.25, 0.3) is 0 Å². The van der Waals surface area contributed by atoms with Gasteiger partial charge in [0.05, 0.1) is 6.61 Å². The summed E-state index contributed by atoms with van der Waals surface area (Å²) < 4.78 is 26.8. The molecule has 1 saturated heterocycles. The first kappa shape index (κ1) is 19.4. The smallest absolute Gasteiger partial charge is 0.316 e. The molecule has 1 heterocycles. The number of amides is 2. The maximum atomic E-state index is 11.6. The van der Waals surface area contributed by atoms with Crippen molar-refractivity contribution in [1.29, 1.82) is 0 Å². The van der Waals surface area contributed by atoms with Crippen LogP contribution in [0.5, 0.6) is 0 Å². The summed E-state index contributed by atoms with van der Waals surface area (Å²) in [5.41, 5.74) is 0. The topological polar surface area (TPSA) is 165 Å². The van der Waals surface area contributed by atoms with Crippen LogP contribution in [0.4, 0.5) is 4.79 Å². The molecule has 0 saturated carbocycles. The third-order valence-electron chi connectivity index (χ3n) is 2.85. The predicted octanol–water partition coefficient (Wildman–Crippen LogP) is -3.22. The van der Waals surface area contributed by atoms with E-state index in [1.54, 1.807) is 0 Å². The molecule has 22 heavy (non-hydrogen) atoms. The SMILES string of the molecule is CS(=O)(=O)SCCNC(=O)N[C@@H]1O[C@H](CO)[C@@H](O)[C@H](O)[C@@H]1O. The number of aliphatic hydroxyl groups excluding tert-OH is 4. The minimum Gasteiger partial charge on any atom is -0.394 e. The van der Waals surface area contributed by atoms with Crippen molar-refractivity contribution in [2.45, 2.75) is 30.6 Å². The molecule has 130 valence electrons. The van der Waals surface area contributed by atoms with Crippen LogP contribution in [0.25, 0.3) is 0 Å². The van der Waals surface area contributed by atoms with Crippen molar-refractivity contribution in [2.24, 2.45) is 0 Å². The number of rotatable bonds is 6. The Morgan fingerprint density at radius 2 is 1.86 bits per heavy atom. The molecule has 0 spiro atoms. The molecule has 0 bridgehead atoms. The predicted molar refractivity (Wildman–Crippen MR) is 77.6 cm³/mol. The van der Waals surface area contributed by atoms with E-state index in [9.17, 15) is 28.5 Å². The molecule has 1 aliphatic heterocycles. The van der Waals surface area contributed by atoms with Crippen molar-refractivity contribution >= 4 is 25.7 Å². The minimum absolute atomic E-state index is 0.0565. The molecule has 5 atom stereocenters. The standard InChI is InChI=1S/C10H20N2O8S2/c1-22(18,19)21-3-2-11-10(17)12-9-8(16)7(15)6(14)5(4-13)20-9/h5-9,13-16H,2-4H2,1H3,(H2,11,12,17)/t5-,6-,7+,8+,9-/m1/s1. The number of hydrogen-bond donors (Lipinski definition) is 6. The zero-order valence-electron chi connectivity index (χ0n) is 11.7. The van der Waals surface area contributed by atoms with Crippen LogP contribution in [0, 0.1) is 0 Å². The summed E-state index contributed by atoms with van der Waals surface area (Å²) in [4.78, 5) is 11.6. The molecule has 1 aliphatic rings. The summed E-state index contributed by atoms with van der Waals surface area (Å²) in [6, 6.07) is -0.751. The Morgan fingerprint density at radius 1 is 1.23 bits per heavy atom. The number of carbonyl (C=O) groups is 1. The highest BCUT2D eigenvalue weighted by Gasteiger charge is 2.43. The van der Waals surface area contributed by atoms with Crippen LogP contribution >= 0.6 is 10.8 Å². The third kappa shape index (κ3) is 5.87. The van der Waals surface area contributed by atoms with Crippen LogP contribution in [0.3, 0.4) is 0 Å². The molecule has 6 N–H and O–H groups in total. The van der Waals surface area contributed by atoms with Crippen molar-refractivity contribution in [3.05, 3.63) is 0 Å². The largest absolute Gasteiger partial charge is 0.394 e. The lowest BCUT2D eigenvalue weighted by Crippen LogP contribution is -2.64. The van der Waals surface area contributed by atoms with E-state index < -0.39 is 52.2 Å². The lowest BCUT2D eigenvalue weighted by atomic mass is 9.98. The molecule has 0 aliphatic carbocycles. The molecular weight excluding hydrogens is 340 g/mol. The van der Waals surface area contributed by atoms with Crippen molar-refractivity contribution in [3.8, 4) is 0 Å². The fourth-order valence-electron chi connectivity index (χ4n) is 1.76. The maximum absolute atomic E-state index is 11.6. The van der Waals surface area contributed by atoms with Crippen molar-refractivity contribution in [2.75, 3.05) is 25.2 Å². The van der Waals surface area contributed by atoms with E-state index in [-0.39, 0.29) is 12.3 Å². The Bertz CT molecular complexity index is 472. The number of hydrogen-bond acceptors (Lipinski definition) is 9. The first-order valence-electron chi connectivity index (χ1n) is 6.35. The Hall–Kier alpha value is -0.630. The van der Waals surface area contributed by atoms with Crippen molar-refractivity contribution < 1.29 is 38.4 Å². The first-order chi connectivity index (χ1) is 10.2. The monoisotopic (exact) mass is 360 g/mol. The summed E-state index contributed by atoms with van der Waals surface area (Å²) in [6.45, 7) is -0.545. The van der Waals surface area contributed by atoms with Gasteiger partial charge in [-0.2, -0.15) is 0 Å². The fraction of sp³-hybridized carbons (Fsp3) is 0.900. The van der Waals surface area contributed by atoms with Gasteiger partial charge in [-0.1, -0.05) is 0 Å². The van der Waals surface area contributed by atoms with E-state index >= 15 is 0 Å². The average molecular weight is 360 g/mol. The van der Waals surface area contributed by atoms with Crippen molar-refractivity contribution in [1.82, 2.24) is 10.6 Å². The number of carbonyl (C=O) groups excluding carboxylic acids is 1. The summed E-state index contributed by atoms with van der Waals surface area (Å²) >= 11 is 0. The summed E-state index contributed by atoms with van der Waals surface area (Å²) in [6.07, 6.45) is -6.06. The van der Waals surface area contributed by atoms with Crippen LogP contribution in [0.2, 0.25) is 0 Å². The summed E-state index contributed by atoms with van der Waals surface area (Å²) in [5, 5.41) is 42.4.